The third-order valence-corrected chi connectivity index (χ3v) is 4.03. The molecule has 4 heteroatoms. The van der Waals surface area contributed by atoms with E-state index in [-0.39, 0.29) is 0 Å². The Bertz CT molecular complexity index is 659. The lowest BCUT2D eigenvalue weighted by molar-refractivity contribution is 0.0827. The molecule has 0 bridgehead atoms. The Kier molecular flexibility index (Phi) is 2.77. The van der Waals surface area contributed by atoms with Crippen molar-refractivity contribution in [2.24, 2.45) is 0 Å². The molecule has 98 valence electrons. The predicted molar refractivity (Wildman–Crippen MR) is 73.6 cm³/mol. The summed E-state index contributed by atoms with van der Waals surface area (Å²) in [6.45, 7) is 0. The number of aliphatic hydroxyl groups is 1. The lowest BCUT2D eigenvalue weighted by Gasteiger charge is -2.26. The second kappa shape index (κ2) is 4.22. The van der Waals surface area contributed by atoms with Crippen LogP contribution in [0.5, 0.6) is 0 Å². The fourth-order valence-corrected chi connectivity index (χ4v) is 3.04. The zero-order chi connectivity index (χ0) is 13.6. The predicted octanol–water partition coefficient (Wildman–Crippen LogP) is 3.24. The number of halogens is 2. The van der Waals surface area contributed by atoms with Gasteiger partial charge in [0, 0.05) is 16.3 Å². The molecule has 2 aromatic carbocycles. The number of nitrogen functional groups attached to an aromatic ring is 1. The Morgan fingerprint density at radius 2 is 1.95 bits per heavy atom. The van der Waals surface area contributed by atoms with Gasteiger partial charge in [-0.2, -0.15) is 0 Å². The highest BCUT2D eigenvalue weighted by atomic mass is 35.5. The smallest absolute Gasteiger partial charge is 0.123 e. The monoisotopic (exact) mass is 277 g/mol. The molecular formula is C15H13ClFNO. The number of rotatable bonds is 1. The van der Waals surface area contributed by atoms with Crippen LogP contribution in [0.3, 0.4) is 0 Å². The first-order valence-electron chi connectivity index (χ1n) is 6.07. The van der Waals surface area contributed by atoms with E-state index in [1.54, 1.807) is 12.1 Å². The molecule has 0 aliphatic heterocycles. The van der Waals surface area contributed by atoms with Crippen molar-refractivity contribution in [3.05, 3.63) is 63.9 Å². The van der Waals surface area contributed by atoms with Gasteiger partial charge in [-0.3, -0.25) is 0 Å². The fourth-order valence-electron chi connectivity index (χ4n) is 2.77. The molecule has 3 rings (SSSR count). The summed E-state index contributed by atoms with van der Waals surface area (Å²) < 4.78 is 13.4. The number of aryl methyl sites for hydroxylation is 1. The Morgan fingerprint density at radius 1 is 1.16 bits per heavy atom. The van der Waals surface area contributed by atoms with Gasteiger partial charge in [-0.15, -0.1) is 0 Å². The molecule has 2 aromatic rings. The van der Waals surface area contributed by atoms with Crippen molar-refractivity contribution in [2.75, 3.05) is 5.73 Å². The van der Waals surface area contributed by atoms with Crippen LogP contribution in [0.4, 0.5) is 10.1 Å². The van der Waals surface area contributed by atoms with E-state index < -0.39 is 11.4 Å². The minimum absolute atomic E-state index is 0.369. The molecule has 2 nitrogen and oxygen atoms in total. The molecule has 1 unspecified atom stereocenters. The van der Waals surface area contributed by atoms with Gasteiger partial charge >= 0.3 is 0 Å². The lowest BCUT2D eigenvalue weighted by Crippen LogP contribution is -2.24. The number of fused-ring (bicyclic) bond motifs is 1. The number of hydrogen-bond acceptors (Lipinski definition) is 2. The molecule has 0 radical (unpaired) electrons. The van der Waals surface area contributed by atoms with Gasteiger partial charge in [-0.25, -0.2) is 4.39 Å². The van der Waals surface area contributed by atoms with E-state index in [1.807, 2.05) is 6.07 Å². The minimum Gasteiger partial charge on any atom is -0.399 e. The van der Waals surface area contributed by atoms with E-state index in [4.69, 9.17) is 17.3 Å². The van der Waals surface area contributed by atoms with Crippen LogP contribution in [0.1, 0.15) is 23.1 Å². The van der Waals surface area contributed by atoms with Crippen LogP contribution in [-0.4, -0.2) is 5.11 Å². The van der Waals surface area contributed by atoms with Gasteiger partial charge in [0.05, 0.1) is 0 Å². The highest BCUT2D eigenvalue weighted by molar-refractivity contribution is 6.31. The number of anilines is 1. The Hall–Kier alpha value is -1.58. The maximum absolute atomic E-state index is 13.4. The summed E-state index contributed by atoms with van der Waals surface area (Å²) in [7, 11) is 0. The van der Waals surface area contributed by atoms with Gasteiger partial charge < -0.3 is 10.8 Å². The molecule has 0 saturated heterocycles. The summed E-state index contributed by atoms with van der Waals surface area (Å²) in [4.78, 5) is 0. The maximum atomic E-state index is 13.4. The summed E-state index contributed by atoms with van der Waals surface area (Å²) in [6.07, 6.45) is 1.18. The zero-order valence-electron chi connectivity index (χ0n) is 10.2. The molecule has 0 spiro atoms. The van der Waals surface area contributed by atoms with Crippen molar-refractivity contribution >= 4 is 17.3 Å². The summed E-state index contributed by atoms with van der Waals surface area (Å²) >= 11 is 6.11. The second-order valence-corrected chi connectivity index (χ2v) is 5.31. The maximum Gasteiger partial charge on any atom is 0.123 e. The van der Waals surface area contributed by atoms with Gasteiger partial charge in [0.15, 0.2) is 0 Å². The van der Waals surface area contributed by atoms with Gasteiger partial charge in [0.1, 0.15) is 11.4 Å². The molecule has 0 saturated carbocycles. The molecule has 0 aromatic heterocycles. The first-order chi connectivity index (χ1) is 9.00. The van der Waals surface area contributed by atoms with Crippen molar-refractivity contribution in [2.45, 2.75) is 18.4 Å². The first-order valence-corrected chi connectivity index (χ1v) is 6.45. The van der Waals surface area contributed by atoms with Crippen LogP contribution in [0.25, 0.3) is 0 Å². The zero-order valence-corrected chi connectivity index (χ0v) is 10.9. The van der Waals surface area contributed by atoms with Crippen molar-refractivity contribution in [1.29, 1.82) is 0 Å². The van der Waals surface area contributed by atoms with Crippen LogP contribution in [0, 0.1) is 5.82 Å². The van der Waals surface area contributed by atoms with Gasteiger partial charge in [0.2, 0.25) is 0 Å². The summed E-state index contributed by atoms with van der Waals surface area (Å²) in [6, 6.07) is 9.43. The largest absolute Gasteiger partial charge is 0.399 e. The molecule has 1 aliphatic rings. The standard InChI is InChI=1S/C15H13ClFNO/c16-14-4-1-10(17)8-13(14)15(19)6-5-9-7-11(18)2-3-12(9)15/h1-4,7-8,19H,5-6,18H2. The summed E-state index contributed by atoms with van der Waals surface area (Å²) in [5.74, 6) is -0.406. The van der Waals surface area contributed by atoms with Crippen LogP contribution in [-0.2, 0) is 12.0 Å². The van der Waals surface area contributed by atoms with E-state index in [0.29, 0.717) is 29.1 Å². The van der Waals surface area contributed by atoms with Crippen molar-refractivity contribution in [3.8, 4) is 0 Å². The fraction of sp³-hybridized carbons (Fsp3) is 0.200. The quantitative estimate of drug-likeness (QED) is 0.786. The Labute approximate surface area is 115 Å². The number of benzene rings is 2. The van der Waals surface area contributed by atoms with Crippen molar-refractivity contribution < 1.29 is 9.50 Å². The van der Waals surface area contributed by atoms with E-state index in [0.717, 1.165) is 11.1 Å². The first kappa shape index (κ1) is 12.5. The molecule has 19 heavy (non-hydrogen) atoms. The lowest BCUT2D eigenvalue weighted by atomic mass is 9.87. The average Bonchev–Trinajstić information content (AvgIpc) is 2.70. The third-order valence-electron chi connectivity index (χ3n) is 3.70. The third kappa shape index (κ3) is 1.90. The molecule has 3 N–H and O–H groups in total. The van der Waals surface area contributed by atoms with E-state index in [1.165, 1.54) is 18.2 Å². The summed E-state index contributed by atoms with van der Waals surface area (Å²) in [5.41, 5.74) is 7.33. The normalized spacial score (nSPS) is 21.4. The van der Waals surface area contributed by atoms with E-state index in [2.05, 4.69) is 0 Å². The molecule has 1 aliphatic carbocycles. The van der Waals surface area contributed by atoms with Crippen molar-refractivity contribution in [1.82, 2.24) is 0 Å². The van der Waals surface area contributed by atoms with Gasteiger partial charge in [-0.05, 0) is 54.3 Å². The number of hydrogen-bond donors (Lipinski definition) is 2. The van der Waals surface area contributed by atoms with Crippen LogP contribution in [0.15, 0.2) is 36.4 Å². The SMILES string of the molecule is Nc1ccc2c(c1)CCC2(O)c1cc(F)ccc1Cl. The van der Waals surface area contributed by atoms with E-state index >= 15 is 0 Å². The van der Waals surface area contributed by atoms with Crippen LogP contribution < -0.4 is 5.73 Å². The molecule has 0 heterocycles. The minimum atomic E-state index is -1.23. The molecule has 1 atom stereocenters. The second-order valence-electron chi connectivity index (χ2n) is 4.90. The van der Waals surface area contributed by atoms with E-state index in [9.17, 15) is 9.50 Å². The highest BCUT2D eigenvalue weighted by Gasteiger charge is 2.39. The Morgan fingerprint density at radius 3 is 2.74 bits per heavy atom. The average molecular weight is 278 g/mol. The van der Waals surface area contributed by atoms with Crippen molar-refractivity contribution in [3.63, 3.8) is 0 Å². The Balaban J connectivity index is 2.19. The van der Waals surface area contributed by atoms with Crippen LogP contribution >= 0.6 is 11.6 Å². The molecule has 0 amide bonds. The topological polar surface area (TPSA) is 46.2 Å². The molecular weight excluding hydrogens is 265 g/mol. The van der Waals surface area contributed by atoms with Gasteiger partial charge in [0.25, 0.3) is 0 Å². The number of nitrogens with two attached hydrogens (primary N) is 1. The van der Waals surface area contributed by atoms with Gasteiger partial charge in [-0.1, -0.05) is 17.7 Å². The highest BCUT2D eigenvalue weighted by Crippen LogP contribution is 2.44. The molecule has 0 fully saturated rings. The van der Waals surface area contributed by atoms with Crippen LogP contribution in [0.2, 0.25) is 5.02 Å². The summed E-state index contributed by atoms with van der Waals surface area (Å²) in [5, 5.41) is 11.3.